The number of fused-ring (bicyclic) bond motifs is 1. The molecule has 0 atom stereocenters. The van der Waals surface area contributed by atoms with Crippen molar-refractivity contribution in [3.63, 3.8) is 0 Å². The topological polar surface area (TPSA) is 58.2 Å². The van der Waals surface area contributed by atoms with Crippen LogP contribution in [0.1, 0.15) is 65.2 Å². The number of benzene rings is 6. The zero-order chi connectivity index (χ0) is 59.4. The molecule has 0 fully saturated rings. The largest absolute Gasteiger partial charge is 0.478 e. The summed E-state index contributed by atoms with van der Waals surface area (Å²) in [6.07, 6.45) is -51.3. The third-order valence-electron chi connectivity index (χ3n) is 12.0. The van der Waals surface area contributed by atoms with Crippen LogP contribution in [-0.2, 0) is 56.0 Å². The molecule has 0 amide bonds. The Morgan fingerprint density at radius 2 is 0.671 bits per heavy atom. The van der Waals surface area contributed by atoms with Crippen molar-refractivity contribution < 1.29 is 125 Å². The number of ketones is 1. The average molecular weight is 1160 g/mol. The molecule has 0 aliphatic rings. The fourth-order valence-corrected chi connectivity index (χ4v) is 8.49. The van der Waals surface area contributed by atoms with E-state index in [-0.39, 0.29) is 17.9 Å². The molecule has 79 heavy (non-hydrogen) atoms. The fourth-order valence-electron chi connectivity index (χ4n) is 8.49. The smallest absolute Gasteiger partial charge is 0.416 e. The maximum absolute atomic E-state index is 14.2. The highest BCUT2D eigenvalue weighted by atomic mass is 19.4. The highest BCUT2D eigenvalue weighted by molar-refractivity contribution is 7.20. The van der Waals surface area contributed by atoms with Gasteiger partial charge >= 0.3 is 55.4 Å². The van der Waals surface area contributed by atoms with Crippen LogP contribution in [0, 0.1) is 0 Å². The second-order valence-electron chi connectivity index (χ2n) is 17.2. The highest BCUT2D eigenvalue weighted by Crippen LogP contribution is 2.41. The number of Topliss-reactive ketones (excluding diaryl/α,β-unsaturated/α-hetero) is 1. The third kappa shape index (κ3) is 13.6. The minimum absolute atomic E-state index is 0.0160. The van der Waals surface area contributed by atoms with Gasteiger partial charge in [-0.2, -0.15) is 132 Å². The number of carbonyl (C=O) groups is 2. The van der Waals surface area contributed by atoms with E-state index in [1.165, 1.54) is 0 Å². The Balaban J connectivity index is 0.000000378. The van der Waals surface area contributed by atoms with Crippen molar-refractivity contribution in [1.29, 1.82) is 0 Å². The van der Waals surface area contributed by atoms with Gasteiger partial charge in [-0.05, 0) is 35.7 Å². The summed E-state index contributed by atoms with van der Waals surface area (Å²) in [5, 5.41) is 10.7. The molecule has 7 aromatic rings. The summed E-state index contributed by atoms with van der Waals surface area (Å²) < 4.78 is 343. The second kappa shape index (κ2) is 20.8. The Hall–Kier alpha value is -7.75. The molecule has 7 rings (SSSR count). The van der Waals surface area contributed by atoms with Gasteiger partial charge < -0.3 is 5.11 Å². The molecule has 1 aromatic heterocycles. The summed E-state index contributed by atoms with van der Waals surface area (Å²) >= 11 is 0. The van der Waals surface area contributed by atoms with E-state index in [0.29, 0.717) is 10.9 Å². The molecule has 29 heteroatoms. The molecular weight excluding hydrogens is 1130 g/mol. The zero-order valence-electron chi connectivity index (χ0n) is 38.3. The molecule has 0 bridgehead atoms. The number of hydrogen-bond acceptors (Lipinski definition) is 2. The molecule has 0 aliphatic heterocycles. The van der Waals surface area contributed by atoms with E-state index in [4.69, 9.17) is 0 Å². The zero-order valence-corrected chi connectivity index (χ0v) is 38.3. The number of alkyl halides is 24. The summed E-state index contributed by atoms with van der Waals surface area (Å²) in [6.45, 7) is 0.175. The summed E-state index contributed by atoms with van der Waals surface area (Å²) in [5.74, 6) is -0.990. The number of nitrogens with zero attached hydrogens (tertiary/aromatic N) is 1. The summed E-state index contributed by atoms with van der Waals surface area (Å²) in [4.78, 5) is 23.5. The van der Waals surface area contributed by atoms with E-state index in [9.17, 15) is 120 Å². The van der Waals surface area contributed by atoms with Gasteiger partial charge in [0.1, 0.15) is 6.15 Å². The van der Waals surface area contributed by atoms with Crippen LogP contribution in [0.2, 0.25) is 0 Å². The number of aromatic nitrogens is 1. The monoisotopic (exact) mass is 1160 g/mol. The third-order valence-corrected chi connectivity index (χ3v) is 12.0. The Morgan fingerprint density at radius 1 is 0.380 bits per heavy atom. The standard InChI is InChI=1S/C32H12BF24.C18H13NO3/c34-25(35,36)13-1-14(26(37,38)39)6-21(5-13)33(22-7-15(27(40,41)42)2-16(8-22)28(43,44)45,23-9-17(29(46,47)48)3-18(10-23)30(49,50)51)24-11-19(31(52,53)54)4-20(12-24)32(55,56)57;20-17(14-5-2-1-3-6-14)12-19-10-9-13-7-4-8-15(18(21)22)16(13)11-19/h1-12H;1-11H,12H2/q-1;/p+1. The number of carbonyl (C=O) groups excluding carboxylic acids is 1. The Morgan fingerprint density at radius 3 is 0.937 bits per heavy atom. The number of carboxylic acids is 1. The second-order valence-corrected chi connectivity index (χ2v) is 17.2. The van der Waals surface area contributed by atoms with Gasteiger partial charge in [0, 0.05) is 11.6 Å². The first-order valence-electron chi connectivity index (χ1n) is 21.5. The molecular formula is C50H26BF24NO3. The van der Waals surface area contributed by atoms with E-state index < -0.39 is 201 Å². The van der Waals surface area contributed by atoms with Gasteiger partial charge in [-0.25, -0.2) is 4.79 Å². The number of halogens is 24. The Kier molecular flexibility index (Phi) is 15.9. The van der Waals surface area contributed by atoms with Gasteiger partial charge in [-0.3, -0.25) is 4.79 Å². The van der Waals surface area contributed by atoms with Crippen LogP contribution in [0.15, 0.2) is 140 Å². The van der Waals surface area contributed by atoms with Crippen LogP contribution < -0.4 is 26.4 Å². The van der Waals surface area contributed by atoms with Gasteiger partial charge in [0.05, 0.1) is 55.5 Å². The normalized spacial score (nSPS) is 13.3. The van der Waals surface area contributed by atoms with E-state index in [2.05, 4.69) is 0 Å². The fraction of sp³-hybridized carbons (Fsp3) is 0.180. The van der Waals surface area contributed by atoms with Crippen molar-refractivity contribution in [1.82, 2.24) is 0 Å². The van der Waals surface area contributed by atoms with Crippen LogP contribution in [0.3, 0.4) is 0 Å². The van der Waals surface area contributed by atoms with Gasteiger partial charge in [0.15, 0.2) is 12.4 Å². The van der Waals surface area contributed by atoms with Crippen molar-refractivity contribution in [3.8, 4) is 0 Å². The van der Waals surface area contributed by atoms with Crippen LogP contribution in [-0.4, -0.2) is 23.0 Å². The summed E-state index contributed by atoms with van der Waals surface area (Å²) in [6, 6.07) is 7.18. The van der Waals surface area contributed by atoms with Crippen LogP contribution in [0.4, 0.5) is 105 Å². The van der Waals surface area contributed by atoms with Crippen molar-refractivity contribution >= 4 is 50.5 Å². The molecule has 0 aliphatic carbocycles. The van der Waals surface area contributed by atoms with Gasteiger partial charge in [0.25, 0.3) is 0 Å². The summed E-state index contributed by atoms with van der Waals surface area (Å²) in [5.41, 5.74) is -29.3. The minimum Gasteiger partial charge on any atom is -0.478 e. The Labute approximate surface area is 426 Å². The van der Waals surface area contributed by atoms with E-state index in [1.54, 1.807) is 41.2 Å². The molecule has 0 saturated heterocycles. The molecule has 0 spiro atoms. The molecule has 1 N–H and O–H groups in total. The van der Waals surface area contributed by atoms with Gasteiger partial charge in [-0.1, -0.05) is 91.0 Å². The number of pyridine rings is 1. The Bertz CT molecular complexity index is 2990. The molecule has 0 radical (unpaired) electrons. The highest BCUT2D eigenvalue weighted by Gasteiger charge is 2.47. The predicted octanol–water partition coefficient (Wildman–Crippen LogP) is 13.9. The molecule has 420 valence electrons. The number of aromatic carboxylic acids is 1. The number of carboxylic acid groups (broad SMARTS) is 1. The lowest BCUT2D eigenvalue weighted by Gasteiger charge is -2.46. The first-order chi connectivity index (χ1) is 35.9. The SMILES string of the molecule is FC(F)(F)c1cc([B-](c2cc(C(F)(F)F)cc(C(F)(F)F)c2)(c2cc(C(F)(F)F)cc(C(F)(F)F)c2)c2cc(C(F)(F)F)cc(C(F)(F)F)c2)cc(C(F)(F)F)c1.O=C(C[n+]1ccc2cccc(C(=O)O)c2c1)c1ccccc1. The molecule has 6 aromatic carbocycles. The molecule has 4 nitrogen and oxygen atoms in total. The van der Waals surface area contributed by atoms with E-state index in [1.807, 2.05) is 30.3 Å². The maximum Gasteiger partial charge on any atom is 0.416 e. The molecule has 0 unspecified atom stereocenters. The first kappa shape index (κ1) is 60.5. The first-order valence-corrected chi connectivity index (χ1v) is 21.5. The van der Waals surface area contributed by atoms with Crippen LogP contribution in [0.25, 0.3) is 10.8 Å². The lowest BCUT2D eigenvalue weighted by molar-refractivity contribution is -0.681. The molecule has 1 heterocycles. The van der Waals surface area contributed by atoms with Gasteiger partial charge in [0.2, 0.25) is 12.3 Å². The van der Waals surface area contributed by atoms with E-state index >= 15 is 0 Å². The minimum atomic E-state index is -6.13. The van der Waals surface area contributed by atoms with Crippen LogP contribution >= 0.6 is 0 Å². The average Bonchev–Trinajstić information content (AvgIpc) is 3.35. The maximum atomic E-state index is 14.2. The lowest BCUT2D eigenvalue weighted by atomic mass is 9.12. The van der Waals surface area contributed by atoms with Crippen molar-refractivity contribution in [3.05, 3.63) is 195 Å². The predicted molar refractivity (Wildman–Crippen MR) is 232 cm³/mol. The van der Waals surface area contributed by atoms with Crippen molar-refractivity contribution in [2.75, 3.05) is 0 Å². The summed E-state index contributed by atoms with van der Waals surface area (Å²) in [7, 11) is 0. The van der Waals surface area contributed by atoms with Crippen molar-refractivity contribution in [2.24, 2.45) is 0 Å². The van der Waals surface area contributed by atoms with Gasteiger partial charge in [-0.15, -0.1) is 0 Å². The quantitative estimate of drug-likeness (QED) is 0.0714. The molecule has 0 saturated carbocycles. The number of rotatable bonds is 8. The number of hydrogen-bond donors (Lipinski definition) is 1. The van der Waals surface area contributed by atoms with E-state index in [0.717, 1.165) is 5.39 Å². The van der Waals surface area contributed by atoms with Crippen molar-refractivity contribution in [2.45, 2.75) is 56.0 Å². The van der Waals surface area contributed by atoms with Crippen LogP contribution in [0.5, 0.6) is 0 Å². The lowest BCUT2D eigenvalue weighted by Crippen LogP contribution is -2.75.